The fraction of sp³-hybridized carbons (Fsp3) is 0.529. The Labute approximate surface area is 141 Å². The summed E-state index contributed by atoms with van der Waals surface area (Å²) in [5, 5.41) is 10.2. The van der Waals surface area contributed by atoms with E-state index in [1.54, 1.807) is 6.07 Å². The van der Waals surface area contributed by atoms with Gasteiger partial charge in [0, 0.05) is 13.2 Å². The molecule has 0 saturated carbocycles. The van der Waals surface area contributed by atoms with Crippen LogP contribution in [-0.4, -0.2) is 64.0 Å². The molecule has 4 heterocycles. The second kappa shape index (κ2) is 6.41. The maximum absolute atomic E-state index is 12.6. The molecule has 0 aromatic carbocycles. The summed E-state index contributed by atoms with van der Waals surface area (Å²) in [5.41, 5.74) is 2.23. The Hall–Kier alpha value is -2.12. The van der Waals surface area contributed by atoms with Gasteiger partial charge in [0.15, 0.2) is 0 Å². The Morgan fingerprint density at radius 2 is 2.21 bits per heavy atom. The van der Waals surface area contributed by atoms with Crippen molar-refractivity contribution in [1.82, 2.24) is 25.0 Å². The molecule has 2 aliphatic heterocycles. The molecule has 2 aromatic heterocycles. The van der Waals surface area contributed by atoms with E-state index in [-0.39, 0.29) is 18.0 Å². The molecule has 2 aliphatic rings. The number of hydrogen-bond donors (Lipinski definition) is 2. The van der Waals surface area contributed by atoms with E-state index in [1.165, 1.54) is 12.8 Å². The normalized spacial score (nSPS) is 24.5. The molecule has 2 aromatic rings. The maximum atomic E-state index is 12.6. The monoisotopic (exact) mass is 329 g/mol. The molecule has 7 heteroatoms. The van der Waals surface area contributed by atoms with Crippen molar-refractivity contribution in [2.24, 2.45) is 7.05 Å². The van der Waals surface area contributed by atoms with Crippen LogP contribution in [0.2, 0.25) is 0 Å². The summed E-state index contributed by atoms with van der Waals surface area (Å²) < 4.78 is 7.59. The number of carbonyl (C=O) groups excluding carboxylic acids is 1. The molecule has 1 amide bonds. The van der Waals surface area contributed by atoms with Crippen molar-refractivity contribution in [3.63, 3.8) is 0 Å². The van der Waals surface area contributed by atoms with Crippen molar-refractivity contribution in [1.29, 1.82) is 0 Å². The fourth-order valence-electron chi connectivity index (χ4n) is 3.66. The Morgan fingerprint density at radius 3 is 2.96 bits per heavy atom. The van der Waals surface area contributed by atoms with Gasteiger partial charge in [-0.05, 0) is 44.1 Å². The van der Waals surface area contributed by atoms with E-state index in [9.17, 15) is 4.79 Å². The molecule has 128 valence electrons. The van der Waals surface area contributed by atoms with Gasteiger partial charge >= 0.3 is 0 Å². The van der Waals surface area contributed by atoms with E-state index in [1.807, 2.05) is 29.9 Å². The summed E-state index contributed by atoms with van der Waals surface area (Å²) in [4.78, 5) is 15.0. The molecule has 2 N–H and O–H groups in total. The molecule has 0 aliphatic carbocycles. The quantitative estimate of drug-likeness (QED) is 0.878. The largest absolute Gasteiger partial charge is 0.378 e. The first-order valence-electron chi connectivity index (χ1n) is 8.52. The van der Waals surface area contributed by atoms with Crippen LogP contribution < -0.4 is 5.32 Å². The highest BCUT2D eigenvalue weighted by Crippen LogP contribution is 2.20. The van der Waals surface area contributed by atoms with Crippen LogP contribution >= 0.6 is 0 Å². The second-order valence-electron chi connectivity index (χ2n) is 6.60. The highest BCUT2D eigenvalue weighted by molar-refractivity contribution is 5.93. The number of aromatic nitrogens is 3. The number of carbonyl (C=O) groups is 1. The maximum Gasteiger partial charge on any atom is 0.269 e. The molecular formula is C17H23N5O2. The SMILES string of the molecule is Cn1cccc1-c1cc(C(=O)N[C@H]2COC[C@@H]2N2CCCC2)[nH]n1. The van der Waals surface area contributed by atoms with E-state index in [4.69, 9.17) is 4.74 Å². The van der Waals surface area contributed by atoms with Crippen LogP contribution in [0.3, 0.4) is 0 Å². The van der Waals surface area contributed by atoms with E-state index in [2.05, 4.69) is 20.4 Å². The van der Waals surface area contributed by atoms with Crippen LogP contribution in [-0.2, 0) is 11.8 Å². The third-order valence-corrected chi connectivity index (χ3v) is 5.01. The molecule has 2 atom stereocenters. The van der Waals surface area contributed by atoms with Gasteiger partial charge in [-0.15, -0.1) is 0 Å². The van der Waals surface area contributed by atoms with Crippen LogP contribution in [0.15, 0.2) is 24.4 Å². The van der Waals surface area contributed by atoms with Gasteiger partial charge in [-0.2, -0.15) is 5.10 Å². The van der Waals surface area contributed by atoms with Gasteiger partial charge in [-0.3, -0.25) is 14.8 Å². The van der Waals surface area contributed by atoms with Crippen LogP contribution in [0.1, 0.15) is 23.3 Å². The number of aromatic amines is 1. The third-order valence-electron chi connectivity index (χ3n) is 5.01. The standard InChI is InChI=1S/C17H23N5O2/c1-21-6-4-5-15(21)12-9-13(20-19-12)17(23)18-14-10-24-11-16(14)22-7-2-3-8-22/h4-6,9,14,16H,2-3,7-8,10-11H2,1H3,(H,18,23)(H,19,20)/t14-,16-/m0/s1. The zero-order valence-electron chi connectivity index (χ0n) is 13.9. The number of amides is 1. The number of likely N-dealkylation sites (tertiary alicyclic amines) is 1. The molecule has 2 fully saturated rings. The molecule has 0 radical (unpaired) electrons. The lowest BCUT2D eigenvalue weighted by Crippen LogP contribution is -2.50. The summed E-state index contributed by atoms with van der Waals surface area (Å²) in [6.07, 6.45) is 4.43. The first kappa shape index (κ1) is 15.4. The minimum Gasteiger partial charge on any atom is -0.378 e. The first-order chi connectivity index (χ1) is 11.7. The molecule has 7 nitrogen and oxygen atoms in total. The van der Waals surface area contributed by atoms with Crippen LogP contribution in [0.25, 0.3) is 11.4 Å². The van der Waals surface area contributed by atoms with E-state index >= 15 is 0 Å². The van der Waals surface area contributed by atoms with Gasteiger partial charge in [0.2, 0.25) is 0 Å². The summed E-state index contributed by atoms with van der Waals surface area (Å²) in [5.74, 6) is -0.123. The van der Waals surface area contributed by atoms with Crippen LogP contribution in [0, 0.1) is 0 Å². The molecule has 0 spiro atoms. The molecule has 4 rings (SSSR count). The molecule has 0 bridgehead atoms. The van der Waals surface area contributed by atoms with Crippen molar-refractivity contribution < 1.29 is 9.53 Å². The minimum atomic E-state index is -0.123. The smallest absolute Gasteiger partial charge is 0.269 e. The van der Waals surface area contributed by atoms with Crippen molar-refractivity contribution in [2.45, 2.75) is 24.9 Å². The average Bonchev–Trinajstić information content (AvgIpc) is 3.34. The lowest BCUT2D eigenvalue weighted by molar-refractivity contribution is 0.0911. The number of ether oxygens (including phenoxy) is 1. The molecule has 0 unspecified atom stereocenters. The molecule has 24 heavy (non-hydrogen) atoms. The van der Waals surface area contributed by atoms with Gasteiger partial charge in [0.1, 0.15) is 11.4 Å². The number of H-pyrrole nitrogens is 1. The zero-order valence-corrected chi connectivity index (χ0v) is 13.9. The van der Waals surface area contributed by atoms with Crippen LogP contribution in [0.5, 0.6) is 0 Å². The predicted molar refractivity (Wildman–Crippen MR) is 89.7 cm³/mol. The van der Waals surface area contributed by atoms with E-state index in [0.29, 0.717) is 18.9 Å². The second-order valence-corrected chi connectivity index (χ2v) is 6.60. The van der Waals surface area contributed by atoms with Crippen molar-refractivity contribution in [2.75, 3.05) is 26.3 Å². The first-order valence-corrected chi connectivity index (χ1v) is 8.52. The van der Waals surface area contributed by atoms with Gasteiger partial charge in [-0.1, -0.05) is 0 Å². The van der Waals surface area contributed by atoms with Crippen molar-refractivity contribution in [3.8, 4) is 11.4 Å². The van der Waals surface area contributed by atoms with Crippen LogP contribution in [0.4, 0.5) is 0 Å². The van der Waals surface area contributed by atoms with E-state index < -0.39 is 0 Å². The summed E-state index contributed by atoms with van der Waals surface area (Å²) in [7, 11) is 1.96. The lowest BCUT2D eigenvalue weighted by Gasteiger charge is -2.27. The number of hydrogen-bond acceptors (Lipinski definition) is 4. The van der Waals surface area contributed by atoms with Gasteiger partial charge in [0.05, 0.1) is 31.0 Å². The Balaban J connectivity index is 1.44. The van der Waals surface area contributed by atoms with Gasteiger partial charge < -0.3 is 14.6 Å². The van der Waals surface area contributed by atoms with Gasteiger partial charge in [-0.25, -0.2) is 0 Å². The Morgan fingerprint density at radius 1 is 1.38 bits per heavy atom. The summed E-state index contributed by atoms with van der Waals surface area (Å²) in [6.45, 7) is 3.47. The Bertz CT molecular complexity index is 716. The number of rotatable bonds is 4. The highest BCUT2D eigenvalue weighted by atomic mass is 16.5. The number of aryl methyl sites for hydroxylation is 1. The lowest BCUT2D eigenvalue weighted by atomic mass is 10.1. The summed E-state index contributed by atoms with van der Waals surface area (Å²) >= 11 is 0. The fourth-order valence-corrected chi connectivity index (χ4v) is 3.66. The zero-order chi connectivity index (χ0) is 16.5. The van der Waals surface area contributed by atoms with Crippen molar-refractivity contribution >= 4 is 5.91 Å². The van der Waals surface area contributed by atoms with E-state index in [0.717, 1.165) is 24.5 Å². The number of nitrogens with one attached hydrogen (secondary N) is 2. The highest BCUT2D eigenvalue weighted by Gasteiger charge is 2.35. The molecular weight excluding hydrogens is 306 g/mol. The van der Waals surface area contributed by atoms with Crippen molar-refractivity contribution in [3.05, 3.63) is 30.1 Å². The molecule has 2 saturated heterocycles. The Kier molecular flexibility index (Phi) is 4.12. The minimum absolute atomic E-state index is 0.0392. The predicted octanol–water partition coefficient (Wildman–Crippen LogP) is 1.01. The van der Waals surface area contributed by atoms with Gasteiger partial charge in [0.25, 0.3) is 5.91 Å². The topological polar surface area (TPSA) is 75.2 Å². The third kappa shape index (κ3) is 2.85. The summed E-state index contributed by atoms with van der Waals surface area (Å²) in [6, 6.07) is 6.06. The average molecular weight is 329 g/mol. The number of nitrogens with zero attached hydrogens (tertiary/aromatic N) is 3.